The van der Waals surface area contributed by atoms with E-state index in [1.165, 1.54) is 19.1 Å². The maximum absolute atomic E-state index is 12.0. The molecule has 1 unspecified atom stereocenters. The summed E-state index contributed by atoms with van der Waals surface area (Å²) in [6, 6.07) is 4.37. The van der Waals surface area contributed by atoms with Gasteiger partial charge in [-0.2, -0.15) is 0 Å². The summed E-state index contributed by atoms with van der Waals surface area (Å²) in [7, 11) is 2.91. The van der Waals surface area contributed by atoms with Gasteiger partial charge in [-0.25, -0.2) is 9.59 Å². The Morgan fingerprint density at radius 2 is 2.00 bits per heavy atom. The van der Waals surface area contributed by atoms with E-state index in [1.807, 2.05) is 0 Å². The number of carbonyl (C=O) groups is 3. The van der Waals surface area contributed by atoms with Gasteiger partial charge in [0.15, 0.2) is 0 Å². The highest BCUT2D eigenvalue weighted by Crippen LogP contribution is 2.19. The summed E-state index contributed by atoms with van der Waals surface area (Å²) in [6.45, 7) is 0. The number of benzene rings is 1. The van der Waals surface area contributed by atoms with E-state index < -0.39 is 30.4 Å². The SMILES string of the molecule is COc1cccc(N(C)C(=O)NC(CC(=O)O)C(=O)O)c1. The van der Waals surface area contributed by atoms with Crippen LogP contribution in [0.3, 0.4) is 0 Å². The molecule has 0 aromatic heterocycles. The molecule has 0 aliphatic rings. The van der Waals surface area contributed by atoms with Crippen LogP contribution in [0.1, 0.15) is 6.42 Å². The molecule has 1 rings (SSSR count). The van der Waals surface area contributed by atoms with Crippen molar-refractivity contribution in [3.05, 3.63) is 24.3 Å². The van der Waals surface area contributed by atoms with Crippen LogP contribution in [-0.2, 0) is 9.59 Å². The van der Waals surface area contributed by atoms with Gasteiger partial charge >= 0.3 is 18.0 Å². The molecule has 2 amide bonds. The summed E-state index contributed by atoms with van der Waals surface area (Å²) in [6.07, 6.45) is -0.701. The Bertz CT molecular complexity index is 545. The molecular formula is C13H16N2O6. The van der Waals surface area contributed by atoms with E-state index in [0.717, 1.165) is 0 Å². The number of nitrogens with one attached hydrogen (secondary N) is 1. The largest absolute Gasteiger partial charge is 0.497 e. The molecule has 8 heteroatoms. The highest BCUT2D eigenvalue weighted by atomic mass is 16.5. The number of rotatable bonds is 6. The molecule has 0 spiro atoms. The van der Waals surface area contributed by atoms with E-state index in [4.69, 9.17) is 14.9 Å². The zero-order valence-electron chi connectivity index (χ0n) is 11.6. The number of urea groups is 1. The molecule has 0 aliphatic carbocycles. The molecule has 8 nitrogen and oxygen atoms in total. The molecule has 0 bridgehead atoms. The van der Waals surface area contributed by atoms with Crippen molar-refractivity contribution in [3.8, 4) is 5.75 Å². The Balaban J connectivity index is 2.81. The second-order valence-corrected chi connectivity index (χ2v) is 4.20. The summed E-state index contributed by atoms with van der Waals surface area (Å²) in [5, 5.41) is 19.7. The van der Waals surface area contributed by atoms with Gasteiger partial charge in [-0.05, 0) is 12.1 Å². The number of carbonyl (C=O) groups excluding carboxylic acids is 1. The van der Waals surface area contributed by atoms with Gasteiger partial charge in [0.1, 0.15) is 11.8 Å². The van der Waals surface area contributed by atoms with E-state index in [2.05, 4.69) is 5.32 Å². The van der Waals surface area contributed by atoms with Crippen LogP contribution >= 0.6 is 0 Å². The van der Waals surface area contributed by atoms with E-state index >= 15 is 0 Å². The monoisotopic (exact) mass is 296 g/mol. The second-order valence-electron chi connectivity index (χ2n) is 4.20. The quantitative estimate of drug-likeness (QED) is 0.714. The van der Waals surface area contributed by atoms with Gasteiger partial charge in [-0.1, -0.05) is 6.07 Å². The normalized spacial score (nSPS) is 11.3. The van der Waals surface area contributed by atoms with Gasteiger partial charge < -0.3 is 20.3 Å². The van der Waals surface area contributed by atoms with Crippen molar-refractivity contribution in [1.29, 1.82) is 0 Å². The van der Waals surface area contributed by atoms with Gasteiger partial charge in [0.25, 0.3) is 0 Å². The van der Waals surface area contributed by atoms with Crippen LogP contribution in [0.4, 0.5) is 10.5 Å². The van der Waals surface area contributed by atoms with Gasteiger partial charge in [0.05, 0.1) is 13.5 Å². The fraction of sp³-hybridized carbons (Fsp3) is 0.308. The molecular weight excluding hydrogens is 280 g/mol. The minimum Gasteiger partial charge on any atom is -0.497 e. The lowest BCUT2D eigenvalue weighted by molar-refractivity contribution is -0.145. The zero-order chi connectivity index (χ0) is 16.0. The molecule has 0 saturated heterocycles. The van der Waals surface area contributed by atoms with Crippen molar-refractivity contribution in [3.63, 3.8) is 0 Å². The average Bonchev–Trinajstić information content (AvgIpc) is 2.45. The minimum absolute atomic E-state index is 0.478. The van der Waals surface area contributed by atoms with E-state index in [9.17, 15) is 14.4 Å². The molecule has 0 aliphatic heterocycles. The zero-order valence-corrected chi connectivity index (χ0v) is 11.6. The summed E-state index contributed by atoms with van der Waals surface area (Å²) >= 11 is 0. The first kappa shape index (κ1) is 16.3. The lowest BCUT2D eigenvalue weighted by Crippen LogP contribution is -2.47. The molecule has 0 radical (unpaired) electrons. The summed E-state index contributed by atoms with van der Waals surface area (Å²) in [4.78, 5) is 34.6. The van der Waals surface area contributed by atoms with Gasteiger partial charge in [0, 0.05) is 18.8 Å². The number of amides is 2. The molecule has 0 fully saturated rings. The van der Waals surface area contributed by atoms with Crippen LogP contribution in [0.25, 0.3) is 0 Å². The highest BCUT2D eigenvalue weighted by Gasteiger charge is 2.24. The Labute approximate surface area is 120 Å². The number of methoxy groups -OCH3 is 1. The Kier molecular flexibility index (Phi) is 5.53. The van der Waals surface area contributed by atoms with Crippen molar-refractivity contribution in [1.82, 2.24) is 5.32 Å². The van der Waals surface area contributed by atoms with Crippen LogP contribution in [0.5, 0.6) is 5.75 Å². The lowest BCUT2D eigenvalue weighted by atomic mass is 10.2. The third kappa shape index (κ3) is 4.68. The molecule has 0 heterocycles. The number of carboxylic acids is 2. The fourth-order valence-electron chi connectivity index (χ4n) is 1.56. The molecule has 1 aromatic rings. The van der Waals surface area contributed by atoms with Crippen molar-refractivity contribution in [2.75, 3.05) is 19.1 Å². The summed E-state index contributed by atoms with van der Waals surface area (Å²) in [5.74, 6) is -2.19. The first-order valence-electron chi connectivity index (χ1n) is 5.98. The molecule has 0 saturated carbocycles. The number of ether oxygens (including phenoxy) is 1. The van der Waals surface area contributed by atoms with Gasteiger partial charge in [0.2, 0.25) is 0 Å². The summed E-state index contributed by atoms with van der Waals surface area (Å²) in [5.41, 5.74) is 0.478. The molecule has 1 aromatic carbocycles. The first-order chi connectivity index (χ1) is 9.85. The first-order valence-corrected chi connectivity index (χ1v) is 5.98. The van der Waals surface area contributed by atoms with Gasteiger partial charge in [-0.3, -0.25) is 9.69 Å². The topological polar surface area (TPSA) is 116 Å². The van der Waals surface area contributed by atoms with Crippen LogP contribution in [0.2, 0.25) is 0 Å². The van der Waals surface area contributed by atoms with Crippen LogP contribution < -0.4 is 15.0 Å². The molecule has 1 atom stereocenters. The minimum atomic E-state index is -1.50. The lowest BCUT2D eigenvalue weighted by Gasteiger charge is -2.21. The standard InChI is InChI=1S/C13H16N2O6/c1-15(8-4-3-5-9(6-8)21-2)13(20)14-10(12(18)19)7-11(16)17/h3-6,10H,7H2,1-2H3,(H,14,20)(H,16,17)(H,18,19). The number of hydrogen-bond acceptors (Lipinski definition) is 4. The van der Waals surface area contributed by atoms with Crippen LogP contribution in [-0.4, -0.2) is 48.4 Å². The van der Waals surface area contributed by atoms with E-state index in [1.54, 1.807) is 24.3 Å². The number of hydrogen-bond donors (Lipinski definition) is 3. The van der Waals surface area contributed by atoms with Crippen LogP contribution in [0.15, 0.2) is 24.3 Å². The maximum Gasteiger partial charge on any atom is 0.326 e. The Hall–Kier alpha value is -2.77. The molecule has 21 heavy (non-hydrogen) atoms. The maximum atomic E-state index is 12.0. The Morgan fingerprint density at radius 1 is 1.33 bits per heavy atom. The number of aliphatic carboxylic acids is 2. The summed E-state index contributed by atoms with van der Waals surface area (Å²) < 4.78 is 5.03. The van der Waals surface area contributed by atoms with Crippen molar-refractivity contribution in [2.45, 2.75) is 12.5 Å². The number of anilines is 1. The highest BCUT2D eigenvalue weighted by molar-refractivity contribution is 5.95. The molecule has 3 N–H and O–H groups in total. The number of carboxylic acid groups (broad SMARTS) is 2. The third-order valence-corrected chi connectivity index (χ3v) is 2.72. The second kappa shape index (κ2) is 7.13. The smallest absolute Gasteiger partial charge is 0.326 e. The van der Waals surface area contributed by atoms with Crippen molar-refractivity contribution >= 4 is 23.7 Å². The Morgan fingerprint density at radius 3 is 2.52 bits per heavy atom. The van der Waals surface area contributed by atoms with Crippen molar-refractivity contribution in [2.24, 2.45) is 0 Å². The third-order valence-electron chi connectivity index (χ3n) is 2.72. The van der Waals surface area contributed by atoms with Gasteiger partial charge in [-0.15, -0.1) is 0 Å². The predicted octanol–water partition coefficient (Wildman–Crippen LogP) is 0.769. The fourth-order valence-corrected chi connectivity index (χ4v) is 1.56. The van der Waals surface area contributed by atoms with Crippen LogP contribution in [0, 0.1) is 0 Å². The molecule has 114 valence electrons. The van der Waals surface area contributed by atoms with E-state index in [-0.39, 0.29) is 0 Å². The predicted molar refractivity (Wildman–Crippen MR) is 73.6 cm³/mol. The number of nitrogens with zero attached hydrogens (tertiary/aromatic N) is 1. The average molecular weight is 296 g/mol. The van der Waals surface area contributed by atoms with Crippen molar-refractivity contribution < 1.29 is 29.3 Å². The van der Waals surface area contributed by atoms with E-state index in [0.29, 0.717) is 11.4 Å².